The number of methoxy groups -OCH3 is 1. The maximum absolute atomic E-state index is 11.7. The van der Waals surface area contributed by atoms with Crippen molar-refractivity contribution in [2.45, 2.75) is 71.1 Å². The molecule has 0 aromatic heterocycles. The van der Waals surface area contributed by atoms with Gasteiger partial charge in [-0.15, -0.1) is 0 Å². The Morgan fingerprint density at radius 1 is 0.963 bits per heavy atom. The zero-order valence-corrected chi connectivity index (χ0v) is 17.8. The summed E-state index contributed by atoms with van der Waals surface area (Å²) in [6.07, 6.45) is 2.45. The molecule has 0 N–H and O–H groups in total. The zero-order chi connectivity index (χ0) is 20.0. The number of fused-ring (bicyclic) bond motifs is 1. The molecule has 0 aliphatic heterocycles. The second-order valence-corrected chi connectivity index (χ2v) is 9.36. The van der Waals surface area contributed by atoms with E-state index in [-0.39, 0.29) is 22.7 Å². The summed E-state index contributed by atoms with van der Waals surface area (Å²) in [7, 11) is 1.42. The second-order valence-electron chi connectivity index (χ2n) is 9.36. The lowest BCUT2D eigenvalue weighted by Gasteiger charge is -2.42. The molecule has 0 bridgehead atoms. The maximum atomic E-state index is 11.7. The van der Waals surface area contributed by atoms with E-state index >= 15 is 0 Å². The molecule has 144 valence electrons. The summed E-state index contributed by atoms with van der Waals surface area (Å²) in [6, 6.07) is 12.7. The van der Waals surface area contributed by atoms with Crippen LogP contribution in [0.3, 0.4) is 0 Å². The normalized spacial score (nSPS) is 18.5. The van der Waals surface area contributed by atoms with Crippen molar-refractivity contribution in [2.75, 3.05) is 7.11 Å². The minimum atomic E-state index is -0.289. The maximum Gasteiger partial charge on any atom is 0.337 e. The molecule has 3 rings (SSSR count). The van der Waals surface area contributed by atoms with Gasteiger partial charge >= 0.3 is 5.97 Å². The fourth-order valence-corrected chi connectivity index (χ4v) is 4.41. The van der Waals surface area contributed by atoms with Gasteiger partial charge in [-0.25, -0.2) is 4.79 Å². The molecule has 0 radical (unpaired) electrons. The lowest BCUT2D eigenvalue weighted by atomic mass is 9.62. The van der Waals surface area contributed by atoms with Crippen LogP contribution in [0.2, 0.25) is 0 Å². The highest BCUT2D eigenvalue weighted by molar-refractivity contribution is 5.89. The van der Waals surface area contributed by atoms with Gasteiger partial charge < -0.3 is 4.74 Å². The van der Waals surface area contributed by atoms with Crippen LogP contribution in [0.1, 0.15) is 91.6 Å². The number of hydrogen-bond acceptors (Lipinski definition) is 2. The average molecular weight is 365 g/mol. The third-order valence-electron chi connectivity index (χ3n) is 6.54. The summed E-state index contributed by atoms with van der Waals surface area (Å²) >= 11 is 0. The van der Waals surface area contributed by atoms with E-state index in [4.69, 9.17) is 4.74 Å². The molecule has 0 amide bonds. The molecule has 0 fully saturated rings. The largest absolute Gasteiger partial charge is 0.465 e. The van der Waals surface area contributed by atoms with Crippen LogP contribution >= 0.6 is 0 Å². The van der Waals surface area contributed by atoms with Crippen LogP contribution < -0.4 is 0 Å². The number of rotatable bonds is 3. The van der Waals surface area contributed by atoms with E-state index in [0.29, 0.717) is 5.56 Å². The Morgan fingerprint density at radius 3 is 2.00 bits per heavy atom. The predicted octanol–water partition coefficient (Wildman–Crippen LogP) is 6.28. The number of aryl methyl sites for hydroxylation is 1. The van der Waals surface area contributed by atoms with E-state index in [1.807, 2.05) is 24.3 Å². The molecule has 0 spiro atoms. The number of hydrogen-bond donors (Lipinski definition) is 0. The van der Waals surface area contributed by atoms with Crippen molar-refractivity contribution in [2.24, 2.45) is 0 Å². The first-order chi connectivity index (χ1) is 12.6. The van der Waals surface area contributed by atoms with Gasteiger partial charge in [0.2, 0.25) is 0 Å². The molecular weight excluding hydrogens is 332 g/mol. The standard InChI is InChI=1S/C25H32O2/c1-16-14-21-22(25(5,6)13-12-24(21,3)4)15-20(16)17(2)18-8-10-19(11-9-18)23(26)27-7/h8-11,14-15,17H,12-13H2,1-7H3. The van der Waals surface area contributed by atoms with Crippen LogP contribution in [0.5, 0.6) is 0 Å². The molecule has 2 nitrogen and oxygen atoms in total. The predicted molar refractivity (Wildman–Crippen MR) is 112 cm³/mol. The lowest BCUT2D eigenvalue weighted by Crippen LogP contribution is -2.34. The van der Waals surface area contributed by atoms with Gasteiger partial charge in [0.05, 0.1) is 12.7 Å². The number of ether oxygens (including phenoxy) is 1. The molecule has 1 unspecified atom stereocenters. The van der Waals surface area contributed by atoms with Crippen molar-refractivity contribution in [3.05, 3.63) is 69.8 Å². The first kappa shape index (κ1) is 19.7. The highest BCUT2D eigenvalue weighted by Crippen LogP contribution is 2.47. The summed E-state index contributed by atoms with van der Waals surface area (Å²) < 4.78 is 4.81. The van der Waals surface area contributed by atoms with Crippen molar-refractivity contribution >= 4 is 5.97 Å². The van der Waals surface area contributed by atoms with Gasteiger partial charge in [-0.1, -0.05) is 58.9 Å². The van der Waals surface area contributed by atoms with Gasteiger partial charge in [0.25, 0.3) is 0 Å². The Kier molecular flexibility index (Phi) is 4.96. The number of benzene rings is 2. The molecule has 1 atom stereocenters. The van der Waals surface area contributed by atoms with Crippen LogP contribution in [-0.4, -0.2) is 13.1 Å². The molecule has 0 saturated carbocycles. The van der Waals surface area contributed by atoms with Crippen LogP contribution in [-0.2, 0) is 15.6 Å². The Morgan fingerprint density at radius 2 is 1.48 bits per heavy atom. The summed E-state index contributed by atoms with van der Waals surface area (Å²) in [4.78, 5) is 11.7. The number of carbonyl (C=O) groups is 1. The van der Waals surface area contributed by atoms with E-state index < -0.39 is 0 Å². The summed E-state index contributed by atoms with van der Waals surface area (Å²) in [5, 5.41) is 0. The SMILES string of the molecule is COC(=O)c1ccc(C(C)c2cc3c(cc2C)C(C)(C)CCC3(C)C)cc1. The molecule has 0 heterocycles. The number of esters is 1. The van der Waals surface area contributed by atoms with E-state index in [9.17, 15) is 4.79 Å². The summed E-state index contributed by atoms with van der Waals surface area (Å²) in [6.45, 7) is 14.0. The van der Waals surface area contributed by atoms with Crippen molar-refractivity contribution in [3.63, 3.8) is 0 Å². The fourth-order valence-electron chi connectivity index (χ4n) is 4.41. The first-order valence-corrected chi connectivity index (χ1v) is 9.90. The van der Waals surface area contributed by atoms with Crippen LogP contribution in [0.25, 0.3) is 0 Å². The molecule has 2 aromatic rings. The Labute approximate surface area is 164 Å². The van der Waals surface area contributed by atoms with Crippen molar-refractivity contribution in [1.29, 1.82) is 0 Å². The van der Waals surface area contributed by atoms with E-state index in [1.54, 1.807) is 0 Å². The molecule has 2 aromatic carbocycles. The molecule has 0 saturated heterocycles. The lowest BCUT2D eigenvalue weighted by molar-refractivity contribution is 0.0600. The minimum absolute atomic E-state index is 0.210. The van der Waals surface area contributed by atoms with Crippen LogP contribution in [0.15, 0.2) is 36.4 Å². The Balaban J connectivity index is 2.03. The molecule has 2 heteroatoms. The van der Waals surface area contributed by atoms with E-state index in [1.165, 1.54) is 47.8 Å². The van der Waals surface area contributed by atoms with Gasteiger partial charge in [-0.3, -0.25) is 0 Å². The summed E-state index contributed by atoms with van der Waals surface area (Å²) in [5.74, 6) is -0.00835. The summed E-state index contributed by atoms with van der Waals surface area (Å²) in [5.41, 5.74) is 8.00. The molecule has 1 aliphatic carbocycles. The Hall–Kier alpha value is -2.09. The van der Waals surface area contributed by atoms with Gasteiger partial charge in [0.1, 0.15) is 0 Å². The van der Waals surface area contributed by atoms with Gasteiger partial charge in [0, 0.05) is 5.92 Å². The molecular formula is C25H32O2. The van der Waals surface area contributed by atoms with Gasteiger partial charge in [-0.05, 0) is 70.5 Å². The van der Waals surface area contributed by atoms with Crippen LogP contribution in [0.4, 0.5) is 0 Å². The highest BCUT2D eigenvalue weighted by Gasteiger charge is 2.37. The third kappa shape index (κ3) is 3.54. The first-order valence-electron chi connectivity index (χ1n) is 9.90. The van der Waals surface area contributed by atoms with E-state index in [2.05, 4.69) is 53.7 Å². The average Bonchev–Trinajstić information content (AvgIpc) is 2.64. The van der Waals surface area contributed by atoms with Crippen molar-refractivity contribution in [1.82, 2.24) is 0 Å². The van der Waals surface area contributed by atoms with Gasteiger partial charge in [-0.2, -0.15) is 0 Å². The van der Waals surface area contributed by atoms with Crippen molar-refractivity contribution in [3.8, 4) is 0 Å². The topological polar surface area (TPSA) is 26.3 Å². The van der Waals surface area contributed by atoms with Gasteiger partial charge in [0.15, 0.2) is 0 Å². The Bertz CT molecular complexity index is 857. The zero-order valence-electron chi connectivity index (χ0n) is 17.8. The van der Waals surface area contributed by atoms with E-state index in [0.717, 1.165) is 0 Å². The monoisotopic (exact) mass is 364 g/mol. The minimum Gasteiger partial charge on any atom is -0.465 e. The second kappa shape index (κ2) is 6.82. The van der Waals surface area contributed by atoms with Crippen molar-refractivity contribution < 1.29 is 9.53 Å². The third-order valence-corrected chi connectivity index (χ3v) is 6.54. The molecule has 1 aliphatic rings. The highest BCUT2D eigenvalue weighted by atomic mass is 16.5. The quantitative estimate of drug-likeness (QED) is 0.599. The van der Waals surface area contributed by atoms with Crippen LogP contribution in [0, 0.1) is 6.92 Å². The smallest absolute Gasteiger partial charge is 0.337 e. The number of carbonyl (C=O) groups excluding carboxylic acids is 1. The molecule has 27 heavy (non-hydrogen) atoms. The fraction of sp³-hybridized carbons (Fsp3) is 0.480.